The van der Waals surface area contributed by atoms with E-state index < -0.39 is 0 Å². The van der Waals surface area contributed by atoms with E-state index in [0.29, 0.717) is 0 Å². The predicted octanol–water partition coefficient (Wildman–Crippen LogP) is 17.7. The Hall–Kier alpha value is -6.65. The minimum absolute atomic E-state index is 0. The number of aromatic nitrogens is 3. The summed E-state index contributed by atoms with van der Waals surface area (Å²) in [4.78, 5) is 9.79. The normalized spacial score (nSPS) is 14.2. The first kappa shape index (κ1) is 47.0. The van der Waals surface area contributed by atoms with Crippen LogP contribution in [-0.4, -0.2) is 14.5 Å². The number of pyridine rings is 1. The minimum Gasteiger partial charge on any atom is -0.501 e. The molecule has 0 bridgehead atoms. The molecule has 1 radical (unpaired) electrons. The SMILES string of the molecule is CC(C)(C)c1ccnc(-c2[c-]cccc2)c1.CC(C)c1cccc(-c2ccc3c(c2)C(C)(C)CCC3(C)C)c1-n1c(-c2[c-]ccc3c2oc2cc4c(ccc5ccccc54)cc23)nc2ccccc21.[Ir]. The van der Waals surface area contributed by atoms with E-state index in [2.05, 4.69) is 211 Å². The van der Waals surface area contributed by atoms with Crippen molar-refractivity contribution in [2.24, 2.45) is 0 Å². The molecule has 4 nitrogen and oxygen atoms in total. The van der Waals surface area contributed by atoms with Gasteiger partial charge >= 0.3 is 0 Å². The molecule has 3 aromatic heterocycles. The molecular formula is C65H59IrN3O-2. The Morgan fingerprint density at radius 1 is 0.643 bits per heavy atom. The molecule has 0 aliphatic heterocycles. The second kappa shape index (κ2) is 17.9. The molecule has 1 aliphatic rings. The van der Waals surface area contributed by atoms with Crippen molar-refractivity contribution in [3.63, 3.8) is 0 Å². The number of imidazole rings is 1. The second-order valence-corrected chi connectivity index (χ2v) is 21.7. The van der Waals surface area contributed by atoms with Gasteiger partial charge in [-0.05, 0) is 120 Å². The summed E-state index contributed by atoms with van der Waals surface area (Å²) in [5, 5.41) is 7.02. The largest absolute Gasteiger partial charge is 0.501 e. The van der Waals surface area contributed by atoms with Gasteiger partial charge in [0, 0.05) is 42.9 Å². The third-order valence-corrected chi connectivity index (χ3v) is 14.8. The molecule has 0 saturated heterocycles. The Labute approximate surface area is 426 Å². The van der Waals surface area contributed by atoms with Crippen LogP contribution in [0.3, 0.4) is 0 Å². The molecule has 1 aliphatic carbocycles. The van der Waals surface area contributed by atoms with Crippen LogP contribution in [0.25, 0.3) is 94.0 Å². The molecule has 0 atom stereocenters. The maximum absolute atomic E-state index is 6.89. The number of hydrogen-bond donors (Lipinski definition) is 0. The Bertz CT molecular complexity index is 3750. The summed E-state index contributed by atoms with van der Waals surface area (Å²) in [5.74, 6) is 1.11. The molecule has 0 unspecified atom stereocenters. The van der Waals surface area contributed by atoms with Gasteiger partial charge in [0.15, 0.2) is 0 Å². The number of hydrogen-bond acceptors (Lipinski definition) is 3. The maximum Gasteiger partial charge on any atom is 0.121 e. The molecule has 70 heavy (non-hydrogen) atoms. The van der Waals surface area contributed by atoms with Gasteiger partial charge < -0.3 is 14.0 Å². The summed E-state index contributed by atoms with van der Waals surface area (Å²) in [6.07, 6.45) is 4.24. The molecule has 3 heterocycles. The van der Waals surface area contributed by atoms with Gasteiger partial charge in [-0.3, -0.25) is 4.98 Å². The zero-order valence-corrected chi connectivity index (χ0v) is 44.1. The molecule has 0 saturated carbocycles. The Balaban J connectivity index is 0.000000285. The predicted molar refractivity (Wildman–Crippen MR) is 290 cm³/mol. The summed E-state index contributed by atoms with van der Waals surface area (Å²) < 4.78 is 9.28. The van der Waals surface area contributed by atoms with Gasteiger partial charge in [0.05, 0.1) is 22.4 Å². The third-order valence-electron chi connectivity index (χ3n) is 14.8. The molecule has 0 fully saturated rings. The molecule has 0 N–H and O–H groups in total. The topological polar surface area (TPSA) is 43.9 Å². The van der Waals surface area contributed by atoms with Crippen LogP contribution in [0.5, 0.6) is 0 Å². The van der Waals surface area contributed by atoms with Crippen molar-refractivity contribution >= 4 is 54.5 Å². The quantitative estimate of drug-likeness (QED) is 0.127. The first-order chi connectivity index (χ1) is 33.2. The zero-order valence-electron chi connectivity index (χ0n) is 41.7. The van der Waals surface area contributed by atoms with E-state index in [1.807, 2.05) is 36.5 Å². The van der Waals surface area contributed by atoms with E-state index in [1.165, 1.54) is 67.8 Å². The average Bonchev–Trinajstić information content (AvgIpc) is 3.93. The van der Waals surface area contributed by atoms with Crippen LogP contribution in [0, 0.1) is 12.1 Å². The fourth-order valence-corrected chi connectivity index (χ4v) is 10.7. The second-order valence-electron chi connectivity index (χ2n) is 21.7. The van der Waals surface area contributed by atoms with Crippen molar-refractivity contribution in [3.8, 4) is 39.5 Å². The molecule has 5 heteroatoms. The van der Waals surface area contributed by atoms with Gasteiger partial charge in [0.25, 0.3) is 0 Å². The van der Waals surface area contributed by atoms with Crippen LogP contribution in [0.2, 0.25) is 0 Å². The molecule has 11 aromatic rings. The van der Waals surface area contributed by atoms with E-state index in [-0.39, 0.29) is 42.3 Å². The van der Waals surface area contributed by atoms with Crippen LogP contribution < -0.4 is 0 Å². The Morgan fingerprint density at radius 2 is 1.40 bits per heavy atom. The van der Waals surface area contributed by atoms with E-state index in [9.17, 15) is 0 Å². The van der Waals surface area contributed by atoms with Gasteiger partial charge in [0.2, 0.25) is 0 Å². The van der Waals surface area contributed by atoms with Gasteiger partial charge in [-0.25, -0.2) is 0 Å². The van der Waals surface area contributed by atoms with Crippen LogP contribution in [0.1, 0.15) is 103 Å². The fraction of sp³-hybridized carbons (Fsp3) is 0.231. The molecule has 0 spiro atoms. The molecule has 0 amide bonds. The van der Waals surface area contributed by atoms with E-state index >= 15 is 0 Å². The van der Waals surface area contributed by atoms with Crippen molar-refractivity contribution in [1.29, 1.82) is 0 Å². The monoisotopic (exact) mass is 1090 g/mol. The van der Waals surface area contributed by atoms with Crippen LogP contribution in [0.15, 0.2) is 168 Å². The van der Waals surface area contributed by atoms with E-state index in [1.54, 1.807) is 0 Å². The van der Waals surface area contributed by atoms with Crippen molar-refractivity contribution < 1.29 is 24.5 Å². The van der Waals surface area contributed by atoms with Gasteiger partial charge in [-0.1, -0.05) is 164 Å². The van der Waals surface area contributed by atoms with Crippen molar-refractivity contribution in [2.75, 3.05) is 0 Å². The number of nitrogens with zero attached hydrogens (tertiary/aromatic N) is 3. The Morgan fingerprint density at radius 3 is 2.19 bits per heavy atom. The van der Waals surface area contributed by atoms with Crippen LogP contribution in [0.4, 0.5) is 0 Å². The minimum atomic E-state index is 0. The first-order valence-electron chi connectivity index (χ1n) is 24.5. The first-order valence-corrected chi connectivity index (χ1v) is 24.5. The molecule has 8 aromatic carbocycles. The smallest absolute Gasteiger partial charge is 0.121 e. The van der Waals surface area contributed by atoms with Crippen molar-refractivity contribution in [2.45, 2.75) is 97.3 Å². The maximum atomic E-state index is 6.89. The number of furan rings is 1. The van der Waals surface area contributed by atoms with Gasteiger partial charge in [-0.15, -0.1) is 54.1 Å². The van der Waals surface area contributed by atoms with E-state index in [4.69, 9.17) is 9.40 Å². The van der Waals surface area contributed by atoms with Crippen molar-refractivity contribution in [3.05, 3.63) is 198 Å². The zero-order chi connectivity index (χ0) is 47.8. The van der Waals surface area contributed by atoms with Crippen LogP contribution in [-0.2, 0) is 36.4 Å². The summed E-state index contributed by atoms with van der Waals surface area (Å²) in [6.45, 7) is 20.8. The number of para-hydroxylation sites is 3. The molecule has 351 valence electrons. The number of benzene rings is 8. The van der Waals surface area contributed by atoms with Gasteiger partial charge in [-0.2, -0.15) is 0 Å². The summed E-state index contributed by atoms with van der Waals surface area (Å²) in [5.41, 5.74) is 16.1. The summed E-state index contributed by atoms with van der Waals surface area (Å²) in [7, 11) is 0. The summed E-state index contributed by atoms with van der Waals surface area (Å²) in [6, 6.07) is 63.2. The van der Waals surface area contributed by atoms with Crippen LogP contribution >= 0.6 is 0 Å². The fourth-order valence-electron chi connectivity index (χ4n) is 10.7. The van der Waals surface area contributed by atoms with Crippen molar-refractivity contribution in [1.82, 2.24) is 14.5 Å². The Kier molecular flexibility index (Phi) is 12.1. The average molecular weight is 1090 g/mol. The number of rotatable bonds is 5. The molecule has 12 rings (SSSR count). The summed E-state index contributed by atoms with van der Waals surface area (Å²) >= 11 is 0. The number of fused-ring (bicyclic) bond motifs is 8. The standard InChI is InChI=1S/C50H43N2O.C15H16N.Ir/c1-30(2)34-15-11-16-36(33-23-24-41-42(28-33)50(5,6)26-25-49(41,3)4)46(34)52-44-20-10-9-19-43(44)51-48(52)38-18-12-17-37-40-27-32-22-21-31-13-7-8-14-35(31)39(32)29-45(40)53-47(37)38;1-15(2,3)13-9-10-16-14(11-13)12-7-5-4-6-8-12;/h7-17,19-24,27-30H,25-26H2,1-6H3;4-7,9-11H,1-3H3;/q2*-1;. The van der Waals surface area contributed by atoms with E-state index in [0.717, 1.165) is 61.3 Å². The van der Waals surface area contributed by atoms with Gasteiger partial charge in [0.1, 0.15) is 5.58 Å². The third kappa shape index (κ3) is 8.27. The molecular weight excluding hydrogens is 1030 g/mol.